The number of carbonyl (C=O) groups excluding carboxylic acids is 1. The zero-order valence-corrected chi connectivity index (χ0v) is 19.4. The highest BCUT2D eigenvalue weighted by atomic mass is 16.5. The van der Waals surface area contributed by atoms with E-state index in [1.165, 1.54) is 11.1 Å². The Hall–Kier alpha value is -3.31. The van der Waals surface area contributed by atoms with Crippen LogP contribution in [0.2, 0.25) is 0 Å². The van der Waals surface area contributed by atoms with Crippen molar-refractivity contribution in [1.82, 2.24) is 9.80 Å². The Balaban J connectivity index is 1.48. The molecule has 0 N–H and O–H groups in total. The fourth-order valence-corrected chi connectivity index (χ4v) is 4.43. The minimum absolute atomic E-state index is 0.0367. The lowest BCUT2D eigenvalue weighted by atomic mass is 9.96. The molecule has 0 bridgehead atoms. The predicted octanol–water partition coefficient (Wildman–Crippen LogP) is 5.03. The van der Waals surface area contributed by atoms with Crippen LogP contribution < -0.4 is 9.47 Å². The predicted molar refractivity (Wildman–Crippen MR) is 131 cm³/mol. The van der Waals surface area contributed by atoms with Crippen LogP contribution in [0.1, 0.15) is 41.4 Å². The van der Waals surface area contributed by atoms with Gasteiger partial charge in [-0.05, 0) is 43.2 Å². The van der Waals surface area contributed by atoms with Gasteiger partial charge in [-0.1, -0.05) is 60.7 Å². The zero-order valence-electron chi connectivity index (χ0n) is 19.4. The van der Waals surface area contributed by atoms with Gasteiger partial charge in [0.05, 0.1) is 19.3 Å². The Kier molecular flexibility index (Phi) is 7.63. The number of carbonyl (C=O) groups is 1. The fraction of sp³-hybridized carbons (Fsp3) is 0.321. The van der Waals surface area contributed by atoms with E-state index in [1.54, 1.807) is 6.07 Å². The van der Waals surface area contributed by atoms with Gasteiger partial charge in [0.25, 0.3) is 5.91 Å². The van der Waals surface area contributed by atoms with Gasteiger partial charge in [0.1, 0.15) is 0 Å². The molecule has 1 aliphatic rings. The minimum Gasteiger partial charge on any atom is -0.490 e. The van der Waals surface area contributed by atoms with Gasteiger partial charge >= 0.3 is 0 Å². The number of amides is 1. The van der Waals surface area contributed by atoms with Gasteiger partial charge in [-0.15, -0.1) is 0 Å². The van der Waals surface area contributed by atoms with Gasteiger partial charge in [0, 0.05) is 31.7 Å². The van der Waals surface area contributed by atoms with E-state index in [-0.39, 0.29) is 11.9 Å². The highest BCUT2D eigenvalue weighted by Crippen LogP contribution is 2.31. The summed E-state index contributed by atoms with van der Waals surface area (Å²) >= 11 is 0. The van der Waals surface area contributed by atoms with Crippen LogP contribution >= 0.6 is 0 Å². The van der Waals surface area contributed by atoms with Crippen molar-refractivity contribution in [3.63, 3.8) is 0 Å². The molecule has 1 fully saturated rings. The first-order valence-corrected chi connectivity index (χ1v) is 11.7. The molecular formula is C28H32N2O3. The van der Waals surface area contributed by atoms with Crippen molar-refractivity contribution >= 4 is 5.91 Å². The van der Waals surface area contributed by atoms with Crippen LogP contribution in [0, 0.1) is 0 Å². The average molecular weight is 445 g/mol. The standard InChI is InChI=1S/C28H32N2O3/c1-3-32-25-16-15-24(21-26(25)33-4-2)28(31)30-19-17-29(18-20-30)27(22-11-7-5-8-12-22)23-13-9-6-10-14-23/h5-16,21,27H,3-4,17-20H2,1-2H3. The van der Waals surface area contributed by atoms with Crippen LogP contribution in [0.25, 0.3) is 0 Å². The molecule has 5 heteroatoms. The summed E-state index contributed by atoms with van der Waals surface area (Å²) in [5, 5.41) is 0. The maximum Gasteiger partial charge on any atom is 0.254 e. The summed E-state index contributed by atoms with van der Waals surface area (Å²) in [5.74, 6) is 1.33. The third-order valence-corrected chi connectivity index (χ3v) is 5.99. The Morgan fingerprint density at radius 3 is 1.85 bits per heavy atom. The molecule has 1 amide bonds. The van der Waals surface area contributed by atoms with E-state index in [9.17, 15) is 4.79 Å². The van der Waals surface area contributed by atoms with Crippen molar-refractivity contribution < 1.29 is 14.3 Å². The van der Waals surface area contributed by atoms with Gasteiger partial charge in [0.2, 0.25) is 0 Å². The van der Waals surface area contributed by atoms with Crippen molar-refractivity contribution in [2.24, 2.45) is 0 Å². The Morgan fingerprint density at radius 1 is 0.758 bits per heavy atom. The van der Waals surface area contributed by atoms with Gasteiger partial charge in [-0.25, -0.2) is 0 Å². The monoisotopic (exact) mass is 444 g/mol. The summed E-state index contributed by atoms with van der Waals surface area (Å²) in [4.78, 5) is 17.7. The molecule has 0 spiro atoms. The molecule has 0 atom stereocenters. The smallest absolute Gasteiger partial charge is 0.254 e. The third kappa shape index (κ3) is 5.37. The highest BCUT2D eigenvalue weighted by molar-refractivity contribution is 5.95. The first kappa shape index (κ1) is 22.9. The molecule has 5 nitrogen and oxygen atoms in total. The molecule has 33 heavy (non-hydrogen) atoms. The van der Waals surface area contributed by atoms with Crippen LogP contribution in [-0.4, -0.2) is 55.1 Å². The summed E-state index contributed by atoms with van der Waals surface area (Å²) in [6.45, 7) is 7.95. The second-order valence-corrected chi connectivity index (χ2v) is 8.08. The second kappa shape index (κ2) is 11.0. The van der Waals surface area contributed by atoms with Crippen LogP contribution in [0.15, 0.2) is 78.9 Å². The SMILES string of the molecule is CCOc1ccc(C(=O)N2CCN(C(c3ccccc3)c3ccccc3)CC2)cc1OCC. The van der Waals surface area contributed by atoms with Crippen molar-refractivity contribution in [1.29, 1.82) is 0 Å². The number of rotatable bonds is 8. The first-order chi connectivity index (χ1) is 16.2. The van der Waals surface area contributed by atoms with Crippen LogP contribution in [-0.2, 0) is 0 Å². The molecule has 0 aliphatic carbocycles. The van der Waals surface area contributed by atoms with Gasteiger partial charge < -0.3 is 14.4 Å². The molecule has 0 saturated carbocycles. The summed E-state index contributed by atoms with van der Waals surface area (Å²) < 4.78 is 11.3. The van der Waals surface area contributed by atoms with Gasteiger partial charge in [0.15, 0.2) is 11.5 Å². The Morgan fingerprint density at radius 2 is 1.30 bits per heavy atom. The molecule has 172 valence electrons. The molecule has 0 unspecified atom stereocenters. The first-order valence-electron chi connectivity index (χ1n) is 11.7. The zero-order chi connectivity index (χ0) is 23.0. The van der Waals surface area contributed by atoms with Crippen molar-refractivity contribution in [2.75, 3.05) is 39.4 Å². The summed E-state index contributed by atoms with van der Waals surface area (Å²) in [6.07, 6.45) is 0. The number of nitrogens with zero attached hydrogens (tertiary/aromatic N) is 2. The van der Waals surface area contributed by atoms with E-state index in [1.807, 2.05) is 30.9 Å². The third-order valence-electron chi connectivity index (χ3n) is 5.99. The maximum absolute atomic E-state index is 13.3. The number of ether oxygens (including phenoxy) is 2. The molecule has 1 heterocycles. The average Bonchev–Trinajstić information content (AvgIpc) is 2.87. The number of hydrogen-bond acceptors (Lipinski definition) is 4. The van der Waals surface area contributed by atoms with E-state index in [2.05, 4.69) is 65.6 Å². The fourth-order valence-electron chi connectivity index (χ4n) is 4.43. The molecule has 3 aromatic carbocycles. The molecule has 3 aromatic rings. The Labute approximate surface area is 196 Å². The van der Waals surface area contributed by atoms with E-state index in [0.29, 0.717) is 43.4 Å². The van der Waals surface area contributed by atoms with Crippen LogP contribution in [0.4, 0.5) is 0 Å². The number of benzene rings is 3. The van der Waals surface area contributed by atoms with Crippen molar-refractivity contribution in [2.45, 2.75) is 19.9 Å². The van der Waals surface area contributed by atoms with Crippen LogP contribution in [0.3, 0.4) is 0 Å². The lowest BCUT2D eigenvalue weighted by Crippen LogP contribution is -2.49. The van der Waals surface area contributed by atoms with Crippen LogP contribution in [0.5, 0.6) is 11.5 Å². The van der Waals surface area contributed by atoms with Gasteiger partial charge in [-0.2, -0.15) is 0 Å². The summed E-state index contributed by atoms with van der Waals surface area (Å²) in [6, 6.07) is 26.9. The molecule has 1 saturated heterocycles. The minimum atomic E-state index is 0.0367. The highest BCUT2D eigenvalue weighted by Gasteiger charge is 2.28. The molecule has 1 aliphatic heterocycles. The lowest BCUT2D eigenvalue weighted by molar-refractivity contribution is 0.0597. The maximum atomic E-state index is 13.3. The van der Waals surface area contributed by atoms with Crippen molar-refractivity contribution in [3.8, 4) is 11.5 Å². The quantitative estimate of drug-likeness (QED) is 0.489. The molecular weight excluding hydrogens is 412 g/mol. The number of hydrogen-bond donors (Lipinski definition) is 0. The number of piperazine rings is 1. The normalized spacial score (nSPS) is 14.3. The van der Waals surface area contributed by atoms with E-state index < -0.39 is 0 Å². The Bertz CT molecular complexity index is 992. The van der Waals surface area contributed by atoms with Crippen molar-refractivity contribution in [3.05, 3.63) is 95.6 Å². The molecule has 0 radical (unpaired) electrons. The summed E-state index contributed by atoms with van der Waals surface area (Å²) in [5.41, 5.74) is 3.19. The van der Waals surface area contributed by atoms with E-state index in [0.717, 1.165) is 13.1 Å². The van der Waals surface area contributed by atoms with Gasteiger partial charge in [-0.3, -0.25) is 9.69 Å². The molecule has 0 aromatic heterocycles. The molecule has 4 rings (SSSR count). The largest absolute Gasteiger partial charge is 0.490 e. The van der Waals surface area contributed by atoms with E-state index in [4.69, 9.17) is 9.47 Å². The topological polar surface area (TPSA) is 42.0 Å². The van der Waals surface area contributed by atoms with E-state index >= 15 is 0 Å². The summed E-state index contributed by atoms with van der Waals surface area (Å²) in [7, 11) is 0. The lowest BCUT2D eigenvalue weighted by Gasteiger charge is -2.39. The second-order valence-electron chi connectivity index (χ2n) is 8.08.